The molecule has 0 aliphatic rings. The summed E-state index contributed by atoms with van der Waals surface area (Å²) in [5, 5.41) is 0. The van der Waals surface area contributed by atoms with Crippen molar-refractivity contribution in [2.75, 3.05) is 0 Å². The number of benzene rings is 4. The zero-order valence-corrected chi connectivity index (χ0v) is 22.4. The molecule has 0 unspecified atom stereocenters. The Morgan fingerprint density at radius 1 is 0.561 bits per heavy atom. The summed E-state index contributed by atoms with van der Waals surface area (Å²) in [7, 11) is 0. The number of carbonyl (C=O) groups is 2. The van der Waals surface area contributed by atoms with Crippen LogP contribution in [0.4, 0.5) is 17.6 Å². The Hall–Kier alpha value is -4.46. The van der Waals surface area contributed by atoms with E-state index in [-0.39, 0.29) is 29.7 Å². The maximum absolute atomic E-state index is 14.5. The van der Waals surface area contributed by atoms with Crippen molar-refractivity contribution in [3.05, 3.63) is 108 Å². The lowest BCUT2D eigenvalue weighted by molar-refractivity contribution is -0.135. The fraction of sp³-hybridized carbons (Fsp3) is 0.212. The standard InChI is InChI=1S/C33H28F4O4/c1-21-29(35)18-24(19-30(21)36)22-10-14-26(15-11-22)40-32(38)6-4-2-3-5-7-33(39)41-27-16-17-28(31(37)20-27)23-8-12-25(34)13-9-23/h8-20H,2-7H2,1H3. The molecule has 0 aromatic heterocycles. The summed E-state index contributed by atoms with van der Waals surface area (Å²) < 4.78 is 65.8. The molecule has 4 nitrogen and oxygen atoms in total. The number of ether oxygens (including phenoxy) is 2. The molecule has 0 amide bonds. The SMILES string of the molecule is Cc1c(F)cc(-c2ccc(OC(=O)CCCCCCC(=O)Oc3ccc(-c4ccc(F)cc4)c(F)c3)cc2)cc1F. The summed E-state index contributed by atoms with van der Waals surface area (Å²) in [6.45, 7) is 1.37. The Bertz CT molecular complexity index is 1490. The second-order valence-electron chi connectivity index (χ2n) is 9.60. The molecule has 0 aliphatic carbocycles. The fourth-order valence-corrected chi connectivity index (χ4v) is 4.21. The van der Waals surface area contributed by atoms with E-state index in [1.54, 1.807) is 24.3 Å². The minimum Gasteiger partial charge on any atom is -0.427 e. The lowest BCUT2D eigenvalue weighted by Crippen LogP contribution is -2.08. The molecule has 0 saturated carbocycles. The van der Waals surface area contributed by atoms with Crippen molar-refractivity contribution >= 4 is 11.9 Å². The van der Waals surface area contributed by atoms with Gasteiger partial charge in [0.25, 0.3) is 0 Å². The van der Waals surface area contributed by atoms with Crippen LogP contribution >= 0.6 is 0 Å². The molecule has 8 heteroatoms. The molecule has 0 saturated heterocycles. The van der Waals surface area contributed by atoms with Gasteiger partial charge in [-0.25, -0.2) is 17.6 Å². The third-order valence-electron chi connectivity index (χ3n) is 6.54. The highest BCUT2D eigenvalue weighted by Gasteiger charge is 2.12. The van der Waals surface area contributed by atoms with Crippen molar-refractivity contribution in [2.24, 2.45) is 0 Å². The molecule has 4 aromatic carbocycles. The molecule has 4 rings (SSSR count). The minimum absolute atomic E-state index is 0.0398. The lowest BCUT2D eigenvalue weighted by Gasteiger charge is -2.08. The first-order chi connectivity index (χ1) is 19.7. The normalized spacial score (nSPS) is 10.9. The van der Waals surface area contributed by atoms with E-state index in [4.69, 9.17) is 9.47 Å². The first-order valence-electron chi connectivity index (χ1n) is 13.2. The largest absolute Gasteiger partial charge is 0.427 e. The molecule has 0 aliphatic heterocycles. The molecule has 4 aromatic rings. The monoisotopic (exact) mass is 564 g/mol. The molecule has 212 valence electrons. The minimum atomic E-state index is -0.628. The van der Waals surface area contributed by atoms with E-state index in [1.165, 1.54) is 55.5 Å². The van der Waals surface area contributed by atoms with E-state index < -0.39 is 35.2 Å². The van der Waals surface area contributed by atoms with Crippen LogP contribution in [0.25, 0.3) is 22.3 Å². The van der Waals surface area contributed by atoms with Crippen LogP contribution in [0.1, 0.15) is 44.1 Å². The average Bonchev–Trinajstić information content (AvgIpc) is 2.94. The van der Waals surface area contributed by atoms with E-state index in [9.17, 15) is 27.2 Å². The van der Waals surface area contributed by atoms with Gasteiger partial charge in [0.15, 0.2) is 0 Å². The van der Waals surface area contributed by atoms with Crippen molar-refractivity contribution in [3.63, 3.8) is 0 Å². The van der Waals surface area contributed by atoms with E-state index in [1.807, 2.05) is 0 Å². The molecule has 0 N–H and O–H groups in total. The van der Waals surface area contributed by atoms with Gasteiger partial charge in [-0.3, -0.25) is 9.59 Å². The van der Waals surface area contributed by atoms with Crippen LogP contribution in [0, 0.1) is 30.2 Å². The van der Waals surface area contributed by atoms with Crippen LogP contribution < -0.4 is 9.47 Å². The Labute approximate surface area is 235 Å². The molecule has 0 heterocycles. The second-order valence-corrected chi connectivity index (χ2v) is 9.60. The predicted molar refractivity (Wildman–Crippen MR) is 147 cm³/mol. The summed E-state index contributed by atoms with van der Waals surface area (Å²) in [6.07, 6.45) is 2.86. The maximum atomic E-state index is 14.5. The van der Waals surface area contributed by atoms with Crippen molar-refractivity contribution in [1.29, 1.82) is 0 Å². The van der Waals surface area contributed by atoms with Crippen molar-refractivity contribution in [3.8, 4) is 33.8 Å². The first kappa shape index (κ1) is 29.5. The Kier molecular flexibility index (Phi) is 9.90. The Morgan fingerprint density at radius 3 is 1.63 bits per heavy atom. The number of hydrogen-bond acceptors (Lipinski definition) is 4. The molecular weight excluding hydrogens is 536 g/mol. The van der Waals surface area contributed by atoms with Gasteiger partial charge in [-0.2, -0.15) is 0 Å². The van der Waals surface area contributed by atoms with Crippen LogP contribution in [0.15, 0.2) is 78.9 Å². The third kappa shape index (κ3) is 8.27. The topological polar surface area (TPSA) is 52.6 Å². The fourth-order valence-electron chi connectivity index (χ4n) is 4.21. The van der Waals surface area contributed by atoms with E-state index in [2.05, 4.69) is 0 Å². The number of halogens is 4. The number of unbranched alkanes of at least 4 members (excludes halogenated alkanes) is 3. The number of carbonyl (C=O) groups excluding carboxylic acids is 2. The van der Waals surface area contributed by atoms with Crippen LogP contribution in [-0.2, 0) is 9.59 Å². The zero-order chi connectivity index (χ0) is 29.4. The van der Waals surface area contributed by atoms with Crippen molar-refractivity contribution in [1.82, 2.24) is 0 Å². The van der Waals surface area contributed by atoms with Crippen molar-refractivity contribution < 1.29 is 36.6 Å². The summed E-state index contributed by atoms with van der Waals surface area (Å²) in [6, 6.07) is 18.4. The zero-order valence-electron chi connectivity index (χ0n) is 22.4. The summed E-state index contributed by atoms with van der Waals surface area (Å²) in [5.41, 5.74) is 1.72. The van der Waals surface area contributed by atoms with E-state index >= 15 is 0 Å². The number of hydrogen-bond donors (Lipinski definition) is 0. The van der Waals surface area contributed by atoms with Gasteiger partial charge in [-0.15, -0.1) is 0 Å². The van der Waals surface area contributed by atoms with Gasteiger partial charge in [0.05, 0.1) is 0 Å². The highest BCUT2D eigenvalue weighted by Crippen LogP contribution is 2.28. The lowest BCUT2D eigenvalue weighted by atomic mass is 10.0. The molecule has 0 atom stereocenters. The van der Waals surface area contributed by atoms with Gasteiger partial charge in [-0.05, 0) is 85.0 Å². The van der Waals surface area contributed by atoms with Crippen molar-refractivity contribution in [2.45, 2.75) is 45.4 Å². The Balaban J connectivity index is 1.13. The summed E-state index contributed by atoms with van der Waals surface area (Å²) >= 11 is 0. The number of rotatable bonds is 11. The smallest absolute Gasteiger partial charge is 0.311 e. The van der Waals surface area contributed by atoms with Gasteiger partial charge in [0.2, 0.25) is 0 Å². The molecular formula is C33H28F4O4. The summed E-state index contributed by atoms with van der Waals surface area (Å²) in [5.74, 6) is -2.73. The van der Waals surface area contributed by atoms with Gasteiger partial charge in [0.1, 0.15) is 34.8 Å². The van der Waals surface area contributed by atoms with Crippen LogP contribution in [0.2, 0.25) is 0 Å². The van der Waals surface area contributed by atoms with Gasteiger partial charge >= 0.3 is 11.9 Å². The molecule has 0 spiro atoms. The highest BCUT2D eigenvalue weighted by molar-refractivity contribution is 5.74. The average molecular weight is 565 g/mol. The van der Waals surface area contributed by atoms with Crippen LogP contribution in [0.3, 0.4) is 0 Å². The summed E-state index contributed by atoms with van der Waals surface area (Å²) in [4.78, 5) is 24.3. The van der Waals surface area contributed by atoms with E-state index in [0.29, 0.717) is 48.1 Å². The molecule has 0 fully saturated rings. The van der Waals surface area contributed by atoms with Crippen LogP contribution in [0.5, 0.6) is 11.5 Å². The third-order valence-corrected chi connectivity index (χ3v) is 6.54. The van der Waals surface area contributed by atoms with Crippen LogP contribution in [-0.4, -0.2) is 11.9 Å². The molecule has 41 heavy (non-hydrogen) atoms. The Morgan fingerprint density at radius 2 is 1.07 bits per heavy atom. The molecule has 0 radical (unpaired) electrons. The van der Waals surface area contributed by atoms with E-state index in [0.717, 1.165) is 6.07 Å². The number of esters is 2. The van der Waals surface area contributed by atoms with Gasteiger partial charge < -0.3 is 9.47 Å². The second kappa shape index (κ2) is 13.7. The molecule has 0 bridgehead atoms. The highest BCUT2D eigenvalue weighted by atomic mass is 19.1. The van der Waals surface area contributed by atoms with Gasteiger partial charge in [0, 0.05) is 30.0 Å². The maximum Gasteiger partial charge on any atom is 0.311 e. The quantitative estimate of drug-likeness (QED) is 0.0791. The predicted octanol–water partition coefficient (Wildman–Crippen LogP) is 8.74. The first-order valence-corrected chi connectivity index (χ1v) is 13.2. The van der Waals surface area contributed by atoms with Gasteiger partial charge in [-0.1, -0.05) is 37.1 Å².